The standard InChI is InChI=1S/C20H19N3/c1-4-10-18(11-5-1)21-16-22(19-12-6-2-7-13-19)23(17-21)20-14-8-3-9-15-20/h1-15H,16-17H2. The van der Waals surface area contributed by atoms with Crippen LogP contribution in [0.15, 0.2) is 91.0 Å². The van der Waals surface area contributed by atoms with E-state index in [1.54, 1.807) is 0 Å². The third kappa shape index (κ3) is 2.73. The van der Waals surface area contributed by atoms with E-state index in [9.17, 15) is 0 Å². The Bertz CT molecular complexity index is 696. The molecule has 0 spiro atoms. The third-order valence-corrected chi connectivity index (χ3v) is 4.13. The summed E-state index contributed by atoms with van der Waals surface area (Å²) in [4.78, 5) is 2.38. The first-order valence-corrected chi connectivity index (χ1v) is 7.87. The maximum Gasteiger partial charge on any atom is 0.112 e. The average molecular weight is 301 g/mol. The van der Waals surface area contributed by atoms with E-state index >= 15 is 0 Å². The first-order chi connectivity index (χ1) is 11.4. The van der Waals surface area contributed by atoms with Gasteiger partial charge in [0.2, 0.25) is 0 Å². The van der Waals surface area contributed by atoms with Crippen molar-refractivity contribution in [3.63, 3.8) is 0 Å². The van der Waals surface area contributed by atoms with Gasteiger partial charge in [0.25, 0.3) is 0 Å². The molecule has 3 nitrogen and oxygen atoms in total. The number of rotatable bonds is 3. The Labute approximate surface area is 137 Å². The Morgan fingerprint density at radius 2 is 0.783 bits per heavy atom. The van der Waals surface area contributed by atoms with Gasteiger partial charge >= 0.3 is 0 Å². The maximum atomic E-state index is 2.38. The molecule has 0 N–H and O–H groups in total. The van der Waals surface area contributed by atoms with Crippen molar-refractivity contribution in [2.24, 2.45) is 0 Å². The quantitative estimate of drug-likeness (QED) is 0.712. The van der Waals surface area contributed by atoms with E-state index in [-0.39, 0.29) is 0 Å². The number of para-hydroxylation sites is 3. The van der Waals surface area contributed by atoms with Gasteiger partial charge in [-0.1, -0.05) is 54.6 Å². The van der Waals surface area contributed by atoms with Gasteiger partial charge in [0.15, 0.2) is 0 Å². The van der Waals surface area contributed by atoms with Crippen LogP contribution in [0.1, 0.15) is 0 Å². The van der Waals surface area contributed by atoms with Crippen LogP contribution in [0.4, 0.5) is 17.1 Å². The van der Waals surface area contributed by atoms with Gasteiger partial charge in [0.1, 0.15) is 13.3 Å². The highest BCUT2D eigenvalue weighted by atomic mass is 15.7. The zero-order valence-electron chi connectivity index (χ0n) is 12.9. The van der Waals surface area contributed by atoms with E-state index in [1.165, 1.54) is 17.1 Å². The maximum absolute atomic E-state index is 2.38. The van der Waals surface area contributed by atoms with Crippen molar-refractivity contribution >= 4 is 17.1 Å². The van der Waals surface area contributed by atoms with Gasteiger partial charge in [-0.2, -0.15) is 0 Å². The highest BCUT2D eigenvalue weighted by molar-refractivity contribution is 5.63. The molecule has 3 heteroatoms. The van der Waals surface area contributed by atoms with Crippen LogP contribution >= 0.6 is 0 Å². The van der Waals surface area contributed by atoms with Crippen molar-refractivity contribution in [2.75, 3.05) is 28.3 Å². The first-order valence-electron chi connectivity index (χ1n) is 7.87. The third-order valence-electron chi connectivity index (χ3n) is 4.13. The molecule has 3 aromatic rings. The summed E-state index contributed by atoms with van der Waals surface area (Å²) in [5.74, 6) is 0. The van der Waals surface area contributed by atoms with Gasteiger partial charge in [-0.15, -0.1) is 0 Å². The minimum absolute atomic E-state index is 0.836. The molecule has 23 heavy (non-hydrogen) atoms. The van der Waals surface area contributed by atoms with Crippen LogP contribution in [-0.4, -0.2) is 13.3 Å². The molecule has 0 amide bonds. The highest BCUT2D eigenvalue weighted by Gasteiger charge is 2.28. The van der Waals surface area contributed by atoms with Crippen molar-refractivity contribution in [1.82, 2.24) is 0 Å². The van der Waals surface area contributed by atoms with Crippen molar-refractivity contribution in [2.45, 2.75) is 0 Å². The number of nitrogens with zero attached hydrogens (tertiary/aromatic N) is 3. The van der Waals surface area contributed by atoms with E-state index < -0.39 is 0 Å². The van der Waals surface area contributed by atoms with Gasteiger partial charge in [-0.05, 0) is 36.4 Å². The molecule has 1 heterocycles. The Morgan fingerprint density at radius 3 is 1.17 bits per heavy atom. The second-order valence-electron chi connectivity index (χ2n) is 5.63. The average Bonchev–Trinajstić information content (AvgIpc) is 3.09. The molecule has 0 bridgehead atoms. The molecule has 1 saturated heterocycles. The second kappa shape index (κ2) is 6.05. The molecule has 1 aliphatic heterocycles. The zero-order chi connectivity index (χ0) is 15.5. The summed E-state index contributed by atoms with van der Waals surface area (Å²) in [6.07, 6.45) is 0. The number of anilines is 3. The van der Waals surface area contributed by atoms with Crippen LogP contribution in [0.3, 0.4) is 0 Å². The number of benzene rings is 3. The Kier molecular flexibility index (Phi) is 3.60. The van der Waals surface area contributed by atoms with Crippen molar-refractivity contribution in [1.29, 1.82) is 0 Å². The lowest BCUT2D eigenvalue weighted by Gasteiger charge is -2.29. The van der Waals surface area contributed by atoms with Crippen LogP contribution in [-0.2, 0) is 0 Å². The minimum atomic E-state index is 0.836. The summed E-state index contributed by atoms with van der Waals surface area (Å²) in [7, 11) is 0. The fourth-order valence-electron chi connectivity index (χ4n) is 2.97. The fourth-order valence-corrected chi connectivity index (χ4v) is 2.97. The van der Waals surface area contributed by atoms with Crippen LogP contribution in [0.2, 0.25) is 0 Å². The SMILES string of the molecule is c1ccc(N2CN(c3ccccc3)N(c3ccccc3)C2)cc1. The summed E-state index contributed by atoms with van der Waals surface area (Å²) in [6.45, 7) is 1.67. The van der Waals surface area contributed by atoms with Crippen LogP contribution < -0.4 is 14.9 Å². The minimum Gasteiger partial charge on any atom is -0.332 e. The van der Waals surface area contributed by atoms with E-state index in [1.807, 2.05) is 0 Å². The fraction of sp³-hybridized carbons (Fsp3) is 0.100. The predicted octanol–water partition coefficient (Wildman–Crippen LogP) is 4.35. The van der Waals surface area contributed by atoms with Crippen molar-refractivity contribution in [3.05, 3.63) is 91.0 Å². The molecule has 4 rings (SSSR count). The molecular weight excluding hydrogens is 282 g/mol. The van der Waals surface area contributed by atoms with Crippen molar-refractivity contribution < 1.29 is 0 Å². The molecule has 0 radical (unpaired) electrons. The molecule has 0 atom stereocenters. The van der Waals surface area contributed by atoms with Gasteiger partial charge < -0.3 is 4.90 Å². The van der Waals surface area contributed by atoms with E-state index in [0.717, 1.165) is 13.3 Å². The molecule has 1 aliphatic rings. The summed E-state index contributed by atoms with van der Waals surface area (Å²) in [5, 5.41) is 4.64. The highest BCUT2D eigenvalue weighted by Crippen LogP contribution is 2.29. The predicted molar refractivity (Wildman–Crippen MR) is 96.5 cm³/mol. The monoisotopic (exact) mass is 301 g/mol. The number of hydrazine groups is 1. The molecule has 0 unspecified atom stereocenters. The molecule has 0 aromatic heterocycles. The lowest BCUT2D eigenvalue weighted by Crippen LogP contribution is -2.36. The summed E-state index contributed by atoms with van der Waals surface area (Å²) >= 11 is 0. The van der Waals surface area contributed by atoms with E-state index in [4.69, 9.17) is 0 Å². The molecule has 3 aromatic carbocycles. The lowest BCUT2D eigenvalue weighted by atomic mass is 10.3. The number of hydrogen-bond acceptors (Lipinski definition) is 3. The normalized spacial score (nSPS) is 14.3. The Balaban J connectivity index is 1.70. The smallest absolute Gasteiger partial charge is 0.112 e. The van der Waals surface area contributed by atoms with Gasteiger partial charge in [-0.25, -0.2) is 0 Å². The van der Waals surface area contributed by atoms with Gasteiger partial charge in [0, 0.05) is 5.69 Å². The van der Waals surface area contributed by atoms with Crippen LogP contribution in [0.25, 0.3) is 0 Å². The van der Waals surface area contributed by atoms with Crippen LogP contribution in [0, 0.1) is 0 Å². The van der Waals surface area contributed by atoms with E-state index in [0.29, 0.717) is 0 Å². The zero-order valence-corrected chi connectivity index (χ0v) is 12.9. The topological polar surface area (TPSA) is 9.72 Å². The van der Waals surface area contributed by atoms with Crippen molar-refractivity contribution in [3.8, 4) is 0 Å². The Morgan fingerprint density at radius 1 is 0.435 bits per heavy atom. The molecule has 0 saturated carbocycles. The largest absolute Gasteiger partial charge is 0.332 e. The molecule has 114 valence electrons. The lowest BCUT2D eigenvalue weighted by molar-refractivity contribution is 0.891. The summed E-state index contributed by atoms with van der Waals surface area (Å²) in [5.41, 5.74) is 3.65. The second-order valence-corrected chi connectivity index (χ2v) is 5.63. The van der Waals surface area contributed by atoms with E-state index in [2.05, 4.69) is 106 Å². The summed E-state index contributed by atoms with van der Waals surface area (Å²) in [6, 6.07) is 31.7. The Hall–Kier alpha value is -2.94. The van der Waals surface area contributed by atoms with Crippen LogP contribution in [0.5, 0.6) is 0 Å². The van der Waals surface area contributed by atoms with Gasteiger partial charge in [0.05, 0.1) is 11.4 Å². The molecule has 1 fully saturated rings. The number of hydrogen-bond donors (Lipinski definition) is 0. The summed E-state index contributed by atoms with van der Waals surface area (Å²) < 4.78 is 0. The molecular formula is C20H19N3. The van der Waals surface area contributed by atoms with Gasteiger partial charge in [-0.3, -0.25) is 10.0 Å². The first kappa shape index (κ1) is 13.7. The molecule has 0 aliphatic carbocycles.